The highest BCUT2D eigenvalue weighted by atomic mass is 79.9. The lowest BCUT2D eigenvalue weighted by molar-refractivity contribution is 0.476. The van der Waals surface area contributed by atoms with Gasteiger partial charge in [-0.15, -0.1) is 17.0 Å². The smallest absolute Gasteiger partial charge is 0.132 e. The Hall–Kier alpha value is -0.610. The van der Waals surface area contributed by atoms with Gasteiger partial charge < -0.3 is 5.11 Å². The molecule has 0 fully saturated rings. The third-order valence-corrected chi connectivity index (χ3v) is 2.31. The molecule has 0 amide bonds. The van der Waals surface area contributed by atoms with Gasteiger partial charge in [0.15, 0.2) is 0 Å². The van der Waals surface area contributed by atoms with Crippen molar-refractivity contribution in [2.24, 2.45) is 0 Å². The summed E-state index contributed by atoms with van der Waals surface area (Å²) in [5.74, 6) is -0.256. The Balaban J connectivity index is 0.000000980. The predicted molar refractivity (Wildman–Crippen MR) is 63.6 cm³/mol. The highest BCUT2D eigenvalue weighted by Gasteiger charge is 2.02. The summed E-state index contributed by atoms with van der Waals surface area (Å²) in [4.78, 5) is 0. The molecule has 0 saturated heterocycles. The number of phenols is 1. The van der Waals surface area contributed by atoms with Crippen molar-refractivity contribution < 1.29 is 9.50 Å². The average molecular weight is 322 g/mol. The Morgan fingerprint density at radius 1 is 1.14 bits per heavy atom. The molecule has 0 radical (unpaired) electrons. The van der Waals surface area contributed by atoms with E-state index in [1.54, 1.807) is 12.1 Å². The Kier molecular flexibility index (Phi) is 3.50. The number of fused-ring (bicyclic) bond motifs is 1. The number of hydrogen-bond acceptors (Lipinski definition) is 1. The summed E-state index contributed by atoms with van der Waals surface area (Å²) >= 11 is 3.20. The Labute approximate surface area is 99.5 Å². The quantitative estimate of drug-likeness (QED) is 0.777. The zero-order valence-electron chi connectivity index (χ0n) is 7.00. The molecule has 0 heterocycles. The van der Waals surface area contributed by atoms with E-state index in [1.807, 2.05) is 0 Å². The van der Waals surface area contributed by atoms with Crippen LogP contribution in [0.15, 0.2) is 34.8 Å². The maximum Gasteiger partial charge on any atom is 0.132 e. The molecule has 0 aliphatic heterocycles. The van der Waals surface area contributed by atoms with Gasteiger partial charge >= 0.3 is 0 Å². The summed E-state index contributed by atoms with van der Waals surface area (Å²) in [7, 11) is 0. The van der Waals surface area contributed by atoms with Crippen molar-refractivity contribution in [3.63, 3.8) is 0 Å². The summed E-state index contributed by atoms with van der Waals surface area (Å²) in [5, 5.41) is 10.3. The van der Waals surface area contributed by atoms with Gasteiger partial charge in [0.25, 0.3) is 0 Å². The van der Waals surface area contributed by atoms with Crippen LogP contribution < -0.4 is 0 Å². The van der Waals surface area contributed by atoms with Crippen molar-refractivity contribution in [2.45, 2.75) is 0 Å². The first-order chi connectivity index (χ1) is 6.16. The molecule has 1 nitrogen and oxygen atoms in total. The van der Waals surface area contributed by atoms with E-state index >= 15 is 0 Å². The minimum atomic E-state index is -0.333. The third-order valence-electron chi connectivity index (χ3n) is 1.85. The van der Waals surface area contributed by atoms with Crippen LogP contribution in [0, 0.1) is 5.82 Å². The molecule has 14 heavy (non-hydrogen) atoms. The molecule has 0 aromatic heterocycles. The molecular formula is C10H7Br2FO. The monoisotopic (exact) mass is 320 g/mol. The number of benzene rings is 2. The van der Waals surface area contributed by atoms with Crippen molar-refractivity contribution >= 4 is 43.7 Å². The first kappa shape index (κ1) is 11.5. The maximum absolute atomic E-state index is 13.3. The van der Waals surface area contributed by atoms with E-state index in [0.717, 1.165) is 5.39 Å². The highest BCUT2D eigenvalue weighted by Crippen LogP contribution is 2.26. The first-order valence-electron chi connectivity index (χ1n) is 3.74. The minimum absolute atomic E-state index is 0. The number of phenolic OH excluding ortho intramolecular Hbond substituents is 1. The molecule has 0 unspecified atom stereocenters. The van der Waals surface area contributed by atoms with E-state index in [0.29, 0.717) is 9.86 Å². The lowest BCUT2D eigenvalue weighted by Crippen LogP contribution is -1.79. The second kappa shape index (κ2) is 4.28. The van der Waals surface area contributed by atoms with Gasteiger partial charge in [-0.1, -0.05) is 22.0 Å². The van der Waals surface area contributed by atoms with E-state index in [9.17, 15) is 4.39 Å². The standard InChI is InChI=1S/C10H6BrFO.BrH/c11-7-3-6-1-2-8(13)5-9(6)10(12)4-7;/h1-5,13H;1H. The molecule has 2 aromatic carbocycles. The second-order valence-electron chi connectivity index (χ2n) is 2.79. The van der Waals surface area contributed by atoms with Gasteiger partial charge in [0.1, 0.15) is 11.6 Å². The molecule has 2 aromatic rings. The van der Waals surface area contributed by atoms with Crippen molar-refractivity contribution in [1.82, 2.24) is 0 Å². The van der Waals surface area contributed by atoms with Gasteiger partial charge in [-0.2, -0.15) is 0 Å². The average Bonchev–Trinajstić information content (AvgIpc) is 2.06. The van der Waals surface area contributed by atoms with E-state index in [-0.39, 0.29) is 28.5 Å². The van der Waals surface area contributed by atoms with Crippen LogP contribution >= 0.6 is 32.9 Å². The Bertz CT molecular complexity index is 471. The number of aromatic hydroxyl groups is 1. The molecule has 2 rings (SSSR count). The van der Waals surface area contributed by atoms with Crippen molar-refractivity contribution in [2.75, 3.05) is 0 Å². The predicted octanol–water partition coefficient (Wildman–Crippen LogP) is 4.02. The van der Waals surface area contributed by atoms with Gasteiger partial charge in [0.2, 0.25) is 0 Å². The van der Waals surface area contributed by atoms with Gasteiger partial charge in [-0.25, -0.2) is 4.39 Å². The molecule has 0 bridgehead atoms. The molecule has 0 aliphatic rings. The molecule has 0 spiro atoms. The summed E-state index contributed by atoms with van der Waals surface area (Å²) in [6.07, 6.45) is 0. The van der Waals surface area contributed by atoms with Gasteiger partial charge in [-0.05, 0) is 29.7 Å². The van der Waals surface area contributed by atoms with E-state index in [1.165, 1.54) is 18.2 Å². The second-order valence-corrected chi connectivity index (χ2v) is 3.71. The van der Waals surface area contributed by atoms with Gasteiger partial charge in [-0.3, -0.25) is 0 Å². The van der Waals surface area contributed by atoms with Crippen molar-refractivity contribution in [1.29, 1.82) is 0 Å². The molecule has 74 valence electrons. The van der Waals surface area contributed by atoms with Crippen LogP contribution in [0.4, 0.5) is 4.39 Å². The summed E-state index contributed by atoms with van der Waals surface area (Å²) in [5.41, 5.74) is 0. The molecule has 4 heteroatoms. The van der Waals surface area contributed by atoms with Crippen molar-refractivity contribution in [3.8, 4) is 5.75 Å². The van der Waals surface area contributed by atoms with Crippen LogP contribution in [0.2, 0.25) is 0 Å². The maximum atomic E-state index is 13.3. The SMILES string of the molecule is Br.Oc1ccc2cc(Br)cc(F)c2c1. The fourth-order valence-corrected chi connectivity index (χ4v) is 1.71. The lowest BCUT2D eigenvalue weighted by Gasteiger charge is -2.01. The highest BCUT2D eigenvalue weighted by molar-refractivity contribution is 9.10. The topological polar surface area (TPSA) is 20.2 Å². The van der Waals surface area contributed by atoms with E-state index in [2.05, 4.69) is 15.9 Å². The van der Waals surface area contributed by atoms with Crippen LogP contribution in [0.5, 0.6) is 5.75 Å². The molecule has 0 atom stereocenters. The van der Waals surface area contributed by atoms with Crippen LogP contribution in [-0.4, -0.2) is 5.11 Å². The molecule has 1 N–H and O–H groups in total. The number of halogens is 3. The van der Waals surface area contributed by atoms with E-state index < -0.39 is 0 Å². The van der Waals surface area contributed by atoms with Crippen LogP contribution in [0.25, 0.3) is 10.8 Å². The number of hydrogen-bond donors (Lipinski definition) is 1. The fourth-order valence-electron chi connectivity index (χ4n) is 1.27. The van der Waals surface area contributed by atoms with Gasteiger partial charge in [0, 0.05) is 9.86 Å². The third kappa shape index (κ3) is 2.07. The Morgan fingerprint density at radius 2 is 1.86 bits per heavy atom. The van der Waals surface area contributed by atoms with Crippen molar-refractivity contribution in [3.05, 3.63) is 40.6 Å². The van der Waals surface area contributed by atoms with Crippen LogP contribution in [0.3, 0.4) is 0 Å². The molecule has 0 aliphatic carbocycles. The summed E-state index contributed by atoms with van der Waals surface area (Å²) in [6.45, 7) is 0. The zero-order valence-corrected chi connectivity index (χ0v) is 10.3. The number of rotatable bonds is 0. The molecular weight excluding hydrogens is 315 g/mol. The van der Waals surface area contributed by atoms with Gasteiger partial charge in [0.05, 0.1) is 0 Å². The Morgan fingerprint density at radius 3 is 2.57 bits per heavy atom. The zero-order chi connectivity index (χ0) is 9.42. The summed E-state index contributed by atoms with van der Waals surface area (Å²) < 4.78 is 14.0. The first-order valence-corrected chi connectivity index (χ1v) is 4.54. The van der Waals surface area contributed by atoms with Crippen LogP contribution in [0.1, 0.15) is 0 Å². The normalized spacial score (nSPS) is 9.86. The van der Waals surface area contributed by atoms with E-state index in [4.69, 9.17) is 5.11 Å². The lowest BCUT2D eigenvalue weighted by atomic mass is 10.1. The van der Waals surface area contributed by atoms with Crippen LogP contribution in [-0.2, 0) is 0 Å². The largest absolute Gasteiger partial charge is 0.508 e. The molecule has 0 saturated carbocycles. The fraction of sp³-hybridized carbons (Fsp3) is 0. The minimum Gasteiger partial charge on any atom is -0.508 e. The summed E-state index contributed by atoms with van der Waals surface area (Å²) in [6, 6.07) is 7.81.